The second-order valence-electron chi connectivity index (χ2n) is 6.11. The number of carbonyl (C=O) groups excluding carboxylic acids is 1. The van der Waals surface area contributed by atoms with Gasteiger partial charge in [-0.05, 0) is 31.5 Å². The summed E-state index contributed by atoms with van der Waals surface area (Å²) in [6.07, 6.45) is 0.274. The Morgan fingerprint density at radius 3 is 2.54 bits per heavy atom. The lowest BCUT2D eigenvalue weighted by Gasteiger charge is -2.26. The predicted octanol–water partition coefficient (Wildman–Crippen LogP) is 2.30. The van der Waals surface area contributed by atoms with Crippen LogP contribution < -0.4 is 5.32 Å². The SMILES string of the molecule is Cc1noc(C)c1CC(=O)Nc1ccc(CN2CCOCC2)cc1. The molecule has 0 saturated carbocycles. The molecule has 2 aromatic rings. The number of nitrogens with one attached hydrogen (secondary N) is 1. The summed E-state index contributed by atoms with van der Waals surface area (Å²) >= 11 is 0. The molecule has 1 N–H and O–H groups in total. The van der Waals surface area contributed by atoms with Crippen molar-refractivity contribution in [3.8, 4) is 0 Å². The highest BCUT2D eigenvalue weighted by Crippen LogP contribution is 2.16. The minimum Gasteiger partial charge on any atom is -0.379 e. The zero-order chi connectivity index (χ0) is 16.9. The highest BCUT2D eigenvalue weighted by Gasteiger charge is 2.14. The van der Waals surface area contributed by atoms with E-state index in [1.54, 1.807) is 0 Å². The van der Waals surface area contributed by atoms with Crippen LogP contribution in [0.5, 0.6) is 0 Å². The van der Waals surface area contributed by atoms with Gasteiger partial charge in [0, 0.05) is 30.9 Å². The summed E-state index contributed by atoms with van der Waals surface area (Å²) in [5.41, 5.74) is 3.66. The van der Waals surface area contributed by atoms with Gasteiger partial charge in [0.05, 0.1) is 25.3 Å². The number of benzene rings is 1. The maximum Gasteiger partial charge on any atom is 0.228 e. The van der Waals surface area contributed by atoms with Crippen LogP contribution in [0.15, 0.2) is 28.8 Å². The van der Waals surface area contributed by atoms with Crippen LogP contribution in [-0.2, 0) is 22.5 Å². The van der Waals surface area contributed by atoms with E-state index in [4.69, 9.17) is 9.26 Å². The van der Waals surface area contributed by atoms with E-state index in [0.717, 1.165) is 49.8 Å². The van der Waals surface area contributed by atoms with E-state index >= 15 is 0 Å². The molecule has 3 rings (SSSR count). The summed E-state index contributed by atoms with van der Waals surface area (Å²) in [6, 6.07) is 8.00. The lowest BCUT2D eigenvalue weighted by atomic mass is 10.1. The average molecular weight is 329 g/mol. The third kappa shape index (κ3) is 4.21. The molecular weight excluding hydrogens is 306 g/mol. The van der Waals surface area contributed by atoms with Crippen LogP contribution in [0, 0.1) is 13.8 Å². The van der Waals surface area contributed by atoms with E-state index in [0.29, 0.717) is 5.76 Å². The first-order chi connectivity index (χ1) is 11.6. The number of aromatic nitrogens is 1. The summed E-state index contributed by atoms with van der Waals surface area (Å²) in [4.78, 5) is 14.6. The third-order valence-corrected chi connectivity index (χ3v) is 4.27. The molecule has 0 spiro atoms. The smallest absolute Gasteiger partial charge is 0.228 e. The molecule has 0 aliphatic carbocycles. The van der Waals surface area contributed by atoms with Gasteiger partial charge in [0.1, 0.15) is 5.76 Å². The number of aryl methyl sites for hydroxylation is 2. The van der Waals surface area contributed by atoms with Gasteiger partial charge >= 0.3 is 0 Å². The summed E-state index contributed by atoms with van der Waals surface area (Å²) in [7, 11) is 0. The van der Waals surface area contributed by atoms with Crippen molar-refractivity contribution in [1.82, 2.24) is 10.1 Å². The van der Waals surface area contributed by atoms with Crippen molar-refractivity contribution in [2.24, 2.45) is 0 Å². The second kappa shape index (κ2) is 7.59. The number of anilines is 1. The minimum atomic E-state index is -0.0645. The molecule has 1 aliphatic rings. The zero-order valence-corrected chi connectivity index (χ0v) is 14.2. The fraction of sp³-hybridized carbons (Fsp3) is 0.444. The standard InChI is InChI=1S/C18H23N3O3/c1-13-17(14(2)24-20-13)11-18(22)19-16-5-3-15(4-6-16)12-21-7-9-23-10-8-21/h3-6H,7-12H2,1-2H3,(H,19,22). The van der Waals surface area contributed by atoms with Crippen molar-refractivity contribution in [1.29, 1.82) is 0 Å². The number of carbonyl (C=O) groups is 1. The molecule has 0 atom stereocenters. The molecule has 2 heterocycles. The fourth-order valence-corrected chi connectivity index (χ4v) is 2.83. The van der Waals surface area contributed by atoms with Gasteiger partial charge < -0.3 is 14.6 Å². The Balaban J connectivity index is 1.54. The molecule has 1 aliphatic heterocycles. The number of ether oxygens (including phenoxy) is 1. The predicted molar refractivity (Wildman–Crippen MR) is 90.8 cm³/mol. The molecule has 0 radical (unpaired) electrons. The van der Waals surface area contributed by atoms with Crippen LogP contribution in [0.3, 0.4) is 0 Å². The van der Waals surface area contributed by atoms with Crippen molar-refractivity contribution in [2.75, 3.05) is 31.6 Å². The number of morpholine rings is 1. The van der Waals surface area contributed by atoms with Gasteiger partial charge in [0.15, 0.2) is 0 Å². The van der Waals surface area contributed by atoms with E-state index < -0.39 is 0 Å². The summed E-state index contributed by atoms with van der Waals surface area (Å²) in [6.45, 7) is 8.12. The van der Waals surface area contributed by atoms with Crippen LogP contribution in [0.2, 0.25) is 0 Å². The maximum absolute atomic E-state index is 12.2. The zero-order valence-electron chi connectivity index (χ0n) is 14.2. The number of hydrogen-bond acceptors (Lipinski definition) is 5. The molecule has 6 heteroatoms. The van der Waals surface area contributed by atoms with Gasteiger partial charge in [-0.15, -0.1) is 0 Å². The molecule has 0 unspecified atom stereocenters. The molecule has 6 nitrogen and oxygen atoms in total. The van der Waals surface area contributed by atoms with Gasteiger partial charge in [0.2, 0.25) is 5.91 Å². The largest absolute Gasteiger partial charge is 0.379 e. The monoisotopic (exact) mass is 329 g/mol. The lowest BCUT2D eigenvalue weighted by molar-refractivity contribution is -0.115. The Bertz CT molecular complexity index is 669. The molecule has 1 amide bonds. The number of amides is 1. The third-order valence-electron chi connectivity index (χ3n) is 4.27. The van der Waals surface area contributed by atoms with Crippen molar-refractivity contribution in [3.05, 3.63) is 46.8 Å². The molecule has 1 aromatic carbocycles. The Hall–Kier alpha value is -2.18. The van der Waals surface area contributed by atoms with E-state index in [2.05, 4.69) is 27.5 Å². The first-order valence-electron chi connectivity index (χ1n) is 8.22. The minimum absolute atomic E-state index is 0.0645. The van der Waals surface area contributed by atoms with Crippen molar-refractivity contribution in [2.45, 2.75) is 26.8 Å². The molecule has 1 aromatic heterocycles. The van der Waals surface area contributed by atoms with E-state index in [1.165, 1.54) is 5.56 Å². The van der Waals surface area contributed by atoms with Gasteiger partial charge in [-0.25, -0.2) is 0 Å². The lowest BCUT2D eigenvalue weighted by Crippen LogP contribution is -2.35. The number of rotatable bonds is 5. The highest BCUT2D eigenvalue weighted by atomic mass is 16.5. The fourth-order valence-electron chi connectivity index (χ4n) is 2.83. The average Bonchev–Trinajstić information content (AvgIpc) is 2.89. The Kier molecular flexibility index (Phi) is 5.27. The van der Waals surface area contributed by atoms with Crippen LogP contribution >= 0.6 is 0 Å². The van der Waals surface area contributed by atoms with E-state index in [-0.39, 0.29) is 12.3 Å². The summed E-state index contributed by atoms with van der Waals surface area (Å²) < 4.78 is 10.5. The Labute approximate surface area is 141 Å². The maximum atomic E-state index is 12.2. The molecule has 0 bridgehead atoms. The number of hydrogen-bond donors (Lipinski definition) is 1. The second-order valence-corrected chi connectivity index (χ2v) is 6.11. The molecule has 128 valence electrons. The van der Waals surface area contributed by atoms with Gasteiger partial charge in [-0.1, -0.05) is 17.3 Å². The van der Waals surface area contributed by atoms with Crippen LogP contribution in [0.25, 0.3) is 0 Å². The summed E-state index contributed by atoms with van der Waals surface area (Å²) in [5.74, 6) is 0.633. The normalized spacial score (nSPS) is 15.4. The Morgan fingerprint density at radius 1 is 1.21 bits per heavy atom. The van der Waals surface area contributed by atoms with Crippen LogP contribution in [0.1, 0.15) is 22.6 Å². The van der Waals surface area contributed by atoms with Gasteiger partial charge in [-0.3, -0.25) is 9.69 Å². The first kappa shape index (κ1) is 16.7. The Morgan fingerprint density at radius 2 is 1.92 bits per heavy atom. The van der Waals surface area contributed by atoms with E-state index in [1.807, 2.05) is 26.0 Å². The number of nitrogens with zero attached hydrogens (tertiary/aromatic N) is 2. The summed E-state index contributed by atoms with van der Waals surface area (Å²) in [5, 5.41) is 6.80. The molecule has 24 heavy (non-hydrogen) atoms. The molecule has 1 fully saturated rings. The topological polar surface area (TPSA) is 67.6 Å². The first-order valence-corrected chi connectivity index (χ1v) is 8.22. The van der Waals surface area contributed by atoms with Crippen LogP contribution in [-0.4, -0.2) is 42.3 Å². The quantitative estimate of drug-likeness (QED) is 0.912. The van der Waals surface area contributed by atoms with Crippen molar-refractivity contribution in [3.63, 3.8) is 0 Å². The molecular formula is C18H23N3O3. The van der Waals surface area contributed by atoms with Crippen molar-refractivity contribution < 1.29 is 14.1 Å². The van der Waals surface area contributed by atoms with E-state index in [9.17, 15) is 4.79 Å². The van der Waals surface area contributed by atoms with Gasteiger partial charge in [-0.2, -0.15) is 0 Å². The molecule has 1 saturated heterocycles. The van der Waals surface area contributed by atoms with Gasteiger partial charge in [0.25, 0.3) is 0 Å². The van der Waals surface area contributed by atoms with Crippen molar-refractivity contribution >= 4 is 11.6 Å². The highest BCUT2D eigenvalue weighted by molar-refractivity contribution is 5.92. The van der Waals surface area contributed by atoms with Crippen LogP contribution in [0.4, 0.5) is 5.69 Å².